The van der Waals surface area contributed by atoms with Gasteiger partial charge in [-0.15, -0.1) is 0 Å². The van der Waals surface area contributed by atoms with E-state index in [1.54, 1.807) is 6.07 Å². The van der Waals surface area contributed by atoms with E-state index in [4.69, 9.17) is 51.1 Å². The monoisotopic (exact) mass is 391 g/mol. The lowest BCUT2D eigenvalue weighted by Crippen LogP contribution is -2.21. The van der Waals surface area contributed by atoms with Crippen LogP contribution in [0.25, 0.3) is 0 Å². The quantitative estimate of drug-likeness (QED) is 0.736. The van der Waals surface area contributed by atoms with E-state index in [2.05, 4.69) is 5.32 Å². The molecule has 0 heterocycles. The van der Waals surface area contributed by atoms with E-state index in [9.17, 15) is 9.59 Å². The number of anilines is 1. The van der Waals surface area contributed by atoms with Crippen LogP contribution >= 0.6 is 46.4 Å². The molecule has 0 aromatic heterocycles. The van der Waals surface area contributed by atoms with Crippen LogP contribution in [0.5, 0.6) is 0 Å². The van der Waals surface area contributed by atoms with E-state index in [0.717, 1.165) is 0 Å². The molecule has 8 heteroatoms. The topological polar surface area (TPSA) is 55.4 Å². The van der Waals surface area contributed by atoms with E-state index in [1.807, 2.05) is 0 Å². The molecule has 120 valence electrons. The Hall–Kier alpha value is -1.46. The zero-order chi connectivity index (χ0) is 17.0. The van der Waals surface area contributed by atoms with E-state index in [-0.39, 0.29) is 15.6 Å². The average molecular weight is 393 g/mol. The van der Waals surface area contributed by atoms with Crippen molar-refractivity contribution in [2.75, 3.05) is 11.9 Å². The zero-order valence-electron chi connectivity index (χ0n) is 11.4. The van der Waals surface area contributed by atoms with Gasteiger partial charge in [-0.3, -0.25) is 4.79 Å². The lowest BCUT2D eigenvalue weighted by Gasteiger charge is -2.09. The molecule has 0 saturated carbocycles. The van der Waals surface area contributed by atoms with Gasteiger partial charge in [-0.1, -0.05) is 52.5 Å². The first-order chi connectivity index (χ1) is 10.9. The highest BCUT2D eigenvalue weighted by molar-refractivity contribution is 6.39. The Morgan fingerprint density at radius 3 is 2.09 bits per heavy atom. The normalized spacial score (nSPS) is 10.3. The van der Waals surface area contributed by atoms with E-state index in [0.29, 0.717) is 15.7 Å². The van der Waals surface area contributed by atoms with Gasteiger partial charge in [0.15, 0.2) is 6.61 Å². The van der Waals surface area contributed by atoms with Crippen LogP contribution in [0.3, 0.4) is 0 Å². The molecule has 1 N–H and O–H groups in total. The number of carbonyl (C=O) groups is 2. The van der Waals surface area contributed by atoms with Gasteiger partial charge in [-0.2, -0.15) is 0 Å². The molecular formula is C15H9Cl4NO3. The number of amides is 1. The van der Waals surface area contributed by atoms with Gasteiger partial charge in [0.25, 0.3) is 5.91 Å². The number of nitrogens with one attached hydrogen (secondary N) is 1. The number of hydrogen-bond acceptors (Lipinski definition) is 3. The van der Waals surface area contributed by atoms with Crippen molar-refractivity contribution in [1.82, 2.24) is 0 Å². The molecule has 0 radical (unpaired) electrons. The Balaban J connectivity index is 1.98. The predicted molar refractivity (Wildman–Crippen MR) is 91.8 cm³/mol. The smallest absolute Gasteiger partial charge is 0.341 e. The lowest BCUT2D eigenvalue weighted by molar-refractivity contribution is -0.119. The number of benzene rings is 2. The molecule has 0 bridgehead atoms. The number of hydrogen-bond donors (Lipinski definition) is 1. The van der Waals surface area contributed by atoms with Crippen molar-refractivity contribution in [3.8, 4) is 0 Å². The fraction of sp³-hybridized carbons (Fsp3) is 0.0667. The van der Waals surface area contributed by atoms with Crippen molar-refractivity contribution in [1.29, 1.82) is 0 Å². The number of rotatable bonds is 4. The summed E-state index contributed by atoms with van der Waals surface area (Å²) in [5.41, 5.74) is 0.397. The summed E-state index contributed by atoms with van der Waals surface area (Å²) in [6.45, 7) is -0.509. The van der Waals surface area contributed by atoms with Crippen LogP contribution in [0.4, 0.5) is 5.69 Å². The van der Waals surface area contributed by atoms with Crippen LogP contribution in [-0.2, 0) is 9.53 Å². The molecule has 0 aliphatic rings. The van der Waals surface area contributed by atoms with Gasteiger partial charge in [-0.05, 0) is 30.3 Å². The molecule has 4 nitrogen and oxygen atoms in total. The third-order valence-corrected chi connectivity index (χ3v) is 3.71. The highest BCUT2D eigenvalue weighted by atomic mass is 35.5. The molecule has 0 spiro atoms. The number of esters is 1. The van der Waals surface area contributed by atoms with Gasteiger partial charge in [0.05, 0.1) is 15.6 Å². The molecule has 0 unspecified atom stereocenters. The zero-order valence-corrected chi connectivity index (χ0v) is 14.4. The fourth-order valence-corrected chi connectivity index (χ4v) is 2.80. The van der Waals surface area contributed by atoms with E-state index >= 15 is 0 Å². The Morgan fingerprint density at radius 2 is 1.52 bits per heavy atom. The molecular weight excluding hydrogens is 384 g/mol. The number of halogens is 4. The van der Waals surface area contributed by atoms with Gasteiger partial charge >= 0.3 is 5.97 Å². The second-order valence-electron chi connectivity index (χ2n) is 4.38. The van der Waals surface area contributed by atoms with Crippen LogP contribution in [0.2, 0.25) is 20.1 Å². The lowest BCUT2D eigenvalue weighted by atomic mass is 10.2. The van der Waals surface area contributed by atoms with Crippen LogP contribution in [0.15, 0.2) is 36.4 Å². The summed E-state index contributed by atoms with van der Waals surface area (Å²) in [6.07, 6.45) is 0. The Labute approximate surface area is 152 Å². The molecule has 0 saturated heterocycles. The maximum absolute atomic E-state index is 11.9. The molecule has 0 aliphatic carbocycles. The van der Waals surface area contributed by atoms with Crippen molar-refractivity contribution < 1.29 is 14.3 Å². The van der Waals surface area contributed by atoms with Gasteiger partial charge in [0, 0.05) is 15.7 Å². The Morgan fingerprint density at radius 1 is 0.957 bits per heavy atom. The first kappa shape index (κ1) is 17.9. The van der Waals surface area contributed by atoms with Crippen molar-refractivity contribution in [3.05, 3.63) is 62.1 Å². The molecule has 23 heavy (non-hydrogen) atoms. The summed E-state index contributed by atoms with van der Waals surface area (Å²) in [5, 5.41) is 3.53. The van der Waals surface area contributed by atoms with Crippen LogP contribution in [-0.4, -0.2) is 18.5 Å². The van der Waals surface area contributed by atoms with Crippen LogP contribution < -0.4 is 5.32 Å². The SMILES string of the molecule is O=C(COC(=O)c1c(Cl)cccc1Cl)Nc1cc(Cl)cc(Cl)c1. The van der Waals surface area contributed by atoms with E-state index < -0.39 is 18.5 Å². The summed E-state index contributed by atoms with van der Waals surface area (Å²) in [4.78, 5) is 23.7. The second kappa shape index (κ2) is 7.88. The summed E-state index contributed by atoms with van der Waals surface area (Å²) in [5.74, 6) is -1.35. The van der Waals surface area contributed by atoms with Crippen molar-refractivity contribution >= 4 is 64.0 Å². The van der Waals surface area contributed by atoms with Crippen LogP contribution in [0.1, 0.15) is 10.4 Å². The van der Waals surface area contributed by atoms with Gasteiger partial charge in [-0.25, -0.2) is 4.79 Å². The molecule has 1 amide bonds. The minimum atomic E-state index is -0.792. The van der Waals surface area contributed by atoms with Gasteiger partial charge < -0.3 is 10.1 Å². The molecule has 0 aliphatic heterocycles. The maximum Gasteiger partial charge on any atom is 0.341 e. The number of ether oxygens (including phenoxy) is 1. The van der Waals surface area contributed by atoms with Crippen molar-refractivity contribution in [3.63, 3.8) is 0 Å². The molecule has 0 atom stereocenters. The maximum atomic E-state index is 11.9. The van der Waals surface area contributed by atoms with Crippen molar-refractivity contribution in [2.24, 2.45) is 0 Å². The van der Waals surface area contributed by atoms with Gasteiger partial charge in [0.1, 0.15) is 0 Å². The first-order valence-corrected chi connectivity index (χ1v) is 7.75. The fourth-order valence-electron chi connectivity index (χ4n) is 1.72. The van der Waals surface area contributed by atoms with Gasteiger partial charge in [0.2, 0.25) is 0 Å². The average Bonchev–Trinajstić information content (AvgIpc) is 2.43. The molecule has 2 aromatic rings. The summed E-state index contributed by atoms with van der Waals surface area (Å²) >= 11 is 23.4. The minimum Gasteiger partial charge on any atom is -0.452 e. The molecule has 2 aromatic carbocycles. The third-order valence-electron chi connectivity index (χ3n) is 2.65. The second-order valence-corrected chi connectivity index (χ2v) is 6.07. The molecule has 0 fully saturated rings. The number of carbonyl (C=O) groups excluding carboxylic acids is 2. The standard InChI is InChI=1S/C15H9Cl4NO3/c16-8-4-9(17)6-10(5-8)20-13(21)7-23-15(22)14-11(18)2-1-3-12(14)19/h1-6H,7H2,(H,20,21). The van der Waals surface area contributed by atoms with E-state index in [1.165, 1.54) is 30.3 Å². The first-order valence-electron chi connectivity index (χ1n) is 6.24. The largest absolute Gasteiger partial charge is 0.452 e. The highest BCUT2D eigenvalue weighted by Crippen LogP contribution is 2.25. The van der Waals surface area contributed by atoms with Crippen molar-refractivity contribution in [2.45, 2.75) is 0 Å². The summed E-state index contributed by atoms with van der Waals surface area (Å²) in [7, 11) is 0. The Bertz CT molecular complexity index is 724. The third kappa shape index (κ3) is 5.01. The summed E-state index contributed by atoms with van der Waals surface area (Å²) < 4.78 is 4.90. The predicted octanol–water partition coefficient (Wildman–Crippen LogP) is 5.10. The van der Waals surface area contributed by atoms with Crippen LogP contribution in [0, 0.1) is 0 Å². The Kier molecular flexibility index (Phi) is 6.13. The minimum absolute atomic E-state index is 0.00873. The summed E-state index contributed by atoms with van der Waals surface area (Å²) in [6, 6.07) is 9.14. The molecule has 2 rings (SSSR count). The highest BCUT2D eigenvalue weighted by Gasteiger charge is 2.17.